The van der Waals surface area contributed by atoms with Gasteiger partial charge in [0.05, 0.1) is 15.9 Å². The molecule has 24 heavy (non-hydrogen) atoms. The third-order valence-corrected chi connectivity index (χ3v) is 6.19. The first-order valence-corrected chi connectivity index (χ1v) is 9.64. The molecule has 9 heteroatoms. The molecule has 3 aromatic rings. The minimum absolute atomic E-state index is 0.292. The molecule has 0 aromatic carbocycles. The molecule has 1 saturated heterocycles. The Kier molecular flexibility index (Phi) is 4.30. The van der Waals surface area contributed by atoms with Gasteiger partial charge >= 0.3 is 0 Å². The molecule has 1 fully saturated rings. The number of anilines is 2. The molecule has 0 aliphatic carbocycles. The van der Waals surface area contributed by atoms with Crippen molar-refractivity contribution in [2.75, 3.05) is 43.4 Å². The van der Waals surface area contributed by atoms with Crippen molar-refractivity contribution < 1.29 is 0 Å². The van der Waals surface area contributed by atoms with Crippen LogP contribution < -0.4 is 10.2 Å². The van der Waals surface area contributed by atoms with Gasteiger partial charge in [-0.1, -0.05) is 11.3 Å². The van der Waals surface area contributed by atoms with Gasteiger partial charge in [0.15, 0.2) is 5.65 Å². The van der Waals surface area contributed by atoms with Gasteiger partial charge in [0, 0.05) is 39.3 Å². The summed E-state index contributed by atoms with van der Waals surface area (Å²) in [4.78, 5) is 13.8. The Hall–Kier alpha value is -1.84. The molecule has 4 rings (SSSR count). The largest absolute Gasteiger partial charge is 0.363 e. The molecule has 0 bridgehead atoms. The van der Waals surface area contributed by atoms with Gasteiger partial charge in [0.25, 0.3) is 0 Å². The predicted octanol–water partition coefficient (Wildman–Crippen LogP) is 2.47. The van der Waals surface area contributed by atoms with E-state index >= 15 is 0 Å². The number of aromatic nitrogens is 4. The first kappa shape index (κ1) is 15.7. The number of hydrogen-bond acceptors (Lipinski definition) is 9. The summed E-state index contributed by atoms with van der Waals surface area (Å²) in [5.41, 5.74) is 3.80. The van der Waals surface area contributed by atoms with E-state index in [9.17, 15) is 0 Å². The van der Waals surface area contributed by atoms with Crippen molar-refractivity contribution in [1.29, 1.82) is 0 Å². The zero-order valence-corrected chi connectivity index (χ0v) is 15.3. The van der Waals surface area contributed by atoms with Gasteiger partial charge in [-0.3, -0.25) is 4.90 Å². The molecule has 0 amide bonds. The summed E-state index contributed by atoms with van der Waals surface area (Å²) in [5, 5.41) is 13.3. The molecule has 7 nitrogen and oxygen atoms in total. The maximum atomic E-state index is 4.72. The van der Waals surface area contributed by atoms with Crippen molar-refractivity contribution in [3.8, 4) is 0 Å². The van der Waals surface area contributed by atoms with Crippen LogP contribution in [0, 0.1) is 0 Å². The van der Waals surface area contributed by atoms with Gasteiger partial charge in [-0.05, 0) is 19.1 Å². The van der Waals surface area contributed by atoms with E-state index in [1.807, 2.05) is 12.6 Å². The fourth-order valence-electron chi connectivity index (χ4n) is 2.93. The summed E-state index contributed by atoms with van der Waals surface area (Å²) in [7, 11) is 1.87. The monoisotopic (exact) mass is 361 g/mol. The van der Waals surface area contributed by atoms with Crippen molar-refractivity contribution in [3.05, 3.63) is 23.3 Å². The minimum Gasteiger partial charge on any atom is -0.363 e. The van der Waals surface area contributed by atoms with Crippen LogP contribution in [-0.4, -0.2) is 58.3 Å². The van der Waals surface area contributed by atoms with E-state index in [1.54, 1.807) is 22.7 Å². The summed E-state index contributed by atoms with van der Waals surface area (Å²) < 4.78 is 1.15. The smallest absolute Gasteiger partial charge is 0.210 e. The van der Waals surface area contributed by atoms with E-state index in [4.69, 9.17) is 4.98 Å². The molecular weight excluding hydrogens is 342 g/mol. The van der Waals surface area contributed by atoms with E-state index in [0.29, 0.717) is 6.04 Å². The van der Waals surface area contributed by atoms with Crippen molar-refractivity contribution in [3.63, 3.8) is 0 Å². The molecule has 1 aliphatic rings. The highest BCUT2D eigenvalue weighted by Gasteiger charge is 2.24. The Morgan fingerprint density at radius 2 is 2.00 bits per heavy atom. The highest BCUT2D eigenvalue weighted by molar-refractivity contribution is 7.19. The standard InChI is InChI=1S/C15H19N7S2/c1-10(11-3-4-12-13(18-11)17-9-23-12)21-5-7-22(8-6-21)15-20-19-14(16-2)24-15/h3-4,9-10H,5-8H2,1-2H3,(H,16,19). The molecular formula is C15H19N7S2. The molecule has 4 heterocycles. The molecule has 126 valence electrons. The number of rotatable bonds is 4. The summed E-state index contributed by atoms with van der Waals surface area (Å²) >= 11 is 3.24. The van der Waals surface area contributed by atoms with E-state index in [0.717, 1.165) is 52.5 Å². The van der Waals surface area contributed by atoms with Crippen LogP contribution in [0.2, 0.25) is 0 Å². The zero-order chi connectivity index (χ0) is 16.5. The summed E-state index contributed by atoms with van der Waals surface area (Å²) in [6.07, 6.45) is 0. The molecule has 1 N–H and O–H groups in total. The van der Waals surface area contributed by atoms with Gasteiger partial charge in [-0.15, -0.1) is 21.5 Å². The quantitative estimate of drug-likeness (QED) is 0.765. The van der Waals surface area contributed by atoms with E-state index in [2.05, 4.69) is 49.4 Å². The fourth-order valence-corrected chi connectivity index (χ4v) is 4.30. The van der Waals surface area contributed by atoms with Gasteiger partial charge in [-0.2, -0.15) is 0 Å². The van der Waals surface area contributed by atoms with Crippen LogP contribution >= 0.6 is 22.7 Å². The molecule has 0 radical (unpaired) electrons. The van der Waals surface area contributed by atoms with Crippen molar-refractivity contribution in [2.24, 2.45) is 0 Å². The zero-order valence-electron chi connectivity index (χ0n) is 13.6. The number of nitrogens with zero attached hydrogens (tertiary/aromatic N) is 6. The van der Waals surface area contributed by atoms with E-state index in [-0.39, 0.29) is 0 Å². The lowest BCUT2D eigenvalue weighted by Crippen LogP contribution is -2.47. The molecule has 1 aliphatic heterocycles. The highest BCUT2D eigenvalue weighted by atomic mass is 32.1. The lowest BCUT2D eigenvalue weighted by Gasteiger charge is -2.37. The van der Waals surface area contributed by atoms with Gasteiger partial charge in [0.1, 0.15) is 0 Å². The van der Waals surface area contributed by atoms with Crippen molar-refractivity contribution >= 4 is 43.3 Å². The van der Waals surface area contributed by atoms with Crippen LogP contribution in [0.1, 0.15) is 18.7 Å². The number of piperazine rings is 1. The number of nitrogens with one attached hydrogen (secondary N) is 1. The lowest BCUT2D eigenvalue weighted by molar-refractivity contribution is 0.195. The average Bonchev–Trinajstić information content (AvgIpc) is 3.29. The minimum atomic E-state index is 0.292. The number of fused-ring (bicyclic) bond motifs is 1. The Bertz CT molecular complexity index is 822. The molecule has 1 unspecified atom stereocenters. The first-order valence-electron chi connectivity index (χ1n) is 7.95. The van der Waals surface area contributed by atoms with Gasteiger partial charge in [-0.25, -0.2) is 9.97 Å². The third-order valence-electron chi connectivity index (χ3n) is 4.40. The number of thiazole rings is 1. The van der Waals surface area contributed by atoms with Crippen LogP contribution in [0.3, 0.4) is 0 Å². The second-order valence-electron chi connectivity index (χ2n) is 5.75. The Labute approximate surface area is 148 Å². The first-order chi connectivity index (χ1) is 11.7. The van der Waals surface area contributed by atoms with Gasteiger partial charge in [0.2, 0.25) is 10.3 Å². The summed E-state index contributed by atoms with van der Waals surface area (Å²) in [5.74, 6) is 0. The molecule has 1 atom stereocenters. The van der Waals surface area contributed by atoms with Crippen LogP contribution in [0.15, 0.2) is 17.6 Å². The summed E-state index contributed by atoms with van der Waals surface area (Å²) in [6.45, 7) is 6.13. The lowest BCUT2D eigenvalue weighted by atomic mass is 10.1. The van der Waals surface area contributed by atoms with E-state index in [1.165, 1.54) is 0 Å². The molecule has 0 spiro atoms. The Morgan fingerprint density at radius 3 is 2.75 bits per heavy atom. The SMILES string of the molecule is CNc1nnc(N2CCN(C(C)c3ccc4scnc4n3)CC2)s1. The van der Waals surface area contributed by atoms with Gasteiger partial charge < -0.3 is 10.2 Å². The number of pyridine rings is 1. The topological polar surface area (TPSA) is 70.1 Å². The van der Waals surface area contributed by atoms with Crippen LogP contribution in [-0.2, 0) is 0 Å². The number of hydrogen-bond donors (Lipinski definition) is 1. The fraction of sp³-hybridized carbons (Fsp3) is 0.467. The van der Waals surface area contributed by atoms with Crippen LogP contribution in [0.4, 0.5) is 10.3 Å². The normalized spacial score (nSPS) is 17.3. The van der Waals surface area contributed by atoms with Crippen LogP contribution in [0.25, 0.3) is 10.3 Å². The second kappa shape index (κ2) is 6.58. The molecule has 3 aromatic heterocycles. The second-order valence-corrected chi connectivity index (χ2v) is 7.59. The van der Waals surface area contributed by atoms with Crippen molar-refractivity contribution in [2.45, 2.75) is 13.0 Å². The average molecular weight is 362 g/mol. The third kappa shape index (κ3) is 2.94. The van der Waals surface area contributed by atoms with Crippen molar-refractivity contribution in [1.82, 2.24) is 25.1 Å². The maximum absolute atomic E-state index is 4.72. The van der Waals surface area contributed by atoms with E-state index < -0.39 is 0 Å². The Morgan fingerprint density at radius 1 is 1.17 bits per heavy atom. The Balaban J connectivity index is 1.42. The van der Waals surface area contributed by atoms with Crippen LogP contribution in [0.5, 0.6) is 0 Å². The predicted molar refractivity (Wildman–Crippen MR) is 99.1 cm³/mol. The summed E-state index contributed by atoms with van der Waals surface area (Å²) in [6, 6.07) is 4.55. The molecule has 0 saturated carbocycles. The maximum Gasteiger partial charge on any atom is 0.210 e. The highest BCUT2D eigenvalue weighted by Crippen LogP contribution is 2.27.